The van der Waals surface area contributed by atoms with Gasteiger partial charge in [0.25, 0.3) is 0 Å². The second-order valence-electron chi connectivity index (χ2n) is 5.36. The lowest BCUT2D eigenvalue weighted by atomic mass is 10.0. The van der Waals surface area contributed by atoms with E-state index in [1.807, 2.05) is 32.6 Å². The molecule has 0 bridgehead atoms. The first-order valence-electron chi connectivity index (χ1n) is 6.43. The van der Waals surface area contributed by atoms with Crippen molar-refractivity contribution in [2.75, 3.05) is 0 Å². The van der Waals surface area contributed by atoms with E-state index >= 15 is 0 Å². The average molecular weight is 268 g/mol. The number of nitrogens with two attached hydrogens (primary N) is 1. The molecule has 1 aromatic rings. The van der Waals surface area contributed by atoms with Gasteiger partial charge in [0, 0.05) is 10.9 Å². The van der Waals surface area contributed by atoms with Gasteiger partial charge in [0.2, 0.25) is 5.91 Å². The molecular formula is C14H24N2OS. The van der Waals surface area contributed by atoms with Gasteiger partial charge in [-0.2, -0.15) is 0 Å². The zero-order chi connectivity index (χ0) is 13.9. The summed E-state index contributed by atoms with van der Waals surface area (Å²) in [5, 5.41) is 2.07. The Balaban J connectivity index is 2.84. The quantitative estimate of drug-likeness (QED) is 0.892. The van der Waals surface area contributed by atoms with E-state index in [2.05, 4.69) is 18.4 Å². The molecule has 0 saturated heterocycles. The van der Waals surface area contributed by atoms with Crippen LogP contribution in [0, 0.1) is 12.8 Å². The number of rotatable bonds is 5. The van der Waals surface area contributed by atoms with Gasteiger partial charge < -0.3 is 10.6 Å². The first-order valence-corrected chi connectivity index (χ1v) is 7.31. The summed E-state index contributed by atoms with van der Waals surface area (Å²) in [7, 11) is 0. The molecule has 0 aliphatic heterocycles. The highest BCUT2D eigenvalue weighted by Crippen LogP contribution is 2.20. The summed E-state index contributed by atoms with van der Waals surface area (Å²) in [6.07, 6.45) is 0. The number of carbonyl (C=O) groups is 1. The lowest BCUT2D eigenvalue weighted by Crippen LogP contribution is -2.48. The maximum absolute atomic E-state index is 12.4. The highest BCUT2D eigenvalue weighted by atomic mass is 32.1. The van der Waals surface area contributed by atoms with E-state index in [0.717, 1.165) is 0 Å². The smallest absolute Gasteiger partial charge is 0.240 e. The van der Waals surface area contributed by atoms with Crippen LogP contribution in [0.5, 0.6) is 0 Å². The maximum atomic E-state index is 12.4. The van der Waals surface area contributed by atoms with Crippen LogP contribution in [0.3, 0.4) is 0 Å². The Morgan fingerprint density at radius 2 is 2.00 bits per heavy atom. The van der Waals surface area contributed by atoms with Crippen LogP contribution in [0.25, 0.3) is 0 Å². The molecule has 1 aromatic heterocycles. The van der Waals surface area contributed by atoms with Crippen LogP contribution in [0.15, 0.2) is 11.4 Å². The van der Waals surface area contributed by atoms with Crippen molar-refractivity contribution in [3.05, 3.63) is 21.9 Å². The molecule has 1 heterocycles. The monoisotopic (exact) mass is 268 g/mol. The fourth-order valence-corrected chi connectivity index (χ4v) is 2.62. The van der Waals surface area contributed by atoms with Crippen LogP contribution in [0.2, 0.25) is 0 Å². The summed E-state index contributed by atoms with van der Waals surface area (Å²) in [5.41, 5.74) is 7.22. The van der Waals surface area contributed by atoms with E-state index in [9.17, 15) is 4.79 Å². The third-order valence-corrected chi connectivity index (χ3v) is 4.20. The molecule has 0 spiro atoms. The van der Waals surface area contributed by atoms with Crippen molar-refractivity contribution >= 4 is 17.2 Å². The lowest BCUT2D eigenvalue weighted by Gasteiger charge is -2.30. The van der Waals surface area contributed by atoms with Crippen LogP contribution in [0.4, 0.5) is 0 Å². The van der Waals surface area contributed by atoms with Gasteiger partial charge in [-0.05, 0) is 43.7 Å². The molecule has 0 radical (unpaired) electrons. The highest BCUT2D eigenvalue weighted by molar-refractivity contribution is 7.10. The van der Waals surface area contributed by atoms with E-state index in [4.69, 9.17) is 5.73 Å². The third kappa shape index (κ3) is 3.56. The number of carbonyl (C=O) groups excluding carboxylic acids is 1. The Morgan fingerprint density at radius 1 is 1.39 bits per heavy atom. The van der Waals surface area contributed by atoms with Crippen molar-refractivity contribution < 1.29 is 4.79 Å². The van der Waals surface area contributed by atoms with Gasteiger partial charge in [-0.15, -0.1) is 11.3 Å². The van der Waals surface area contributed by atoms with Crippen LogP contribution in [0.1, 0.15) is 38.1 Å². The molecule has 2 N–H and O–H groups in total. The van der Waals surface area contributed by atoms with Crippen LogP contribution in [-0.2, 0) is 11.3 Å². The first-order chi connectivity index (χ1) is 8.34. The van der Waals surface area contributed by atoms with Crippen molar-refractivity contribution in [3.63, 3.8) is 0 Å². The minimum absolute atomic E-state index is 0.0489. The fourth-order valence-electron chi connectivity index (χ4n) is 1.71. The van der Waals surface area contributed by atoms with Crippen molar-refractivity contribution in [2.24, 2.45) is 11.7 Å². The maximum Gasteiger partial charge on any atom is 0.240 e. The Kier molecular flexibility index (Phi) is 5.35. The van der Waals surface area contributed by atoms with Gasteiger partial charge in [-0.1, -0.05) is 13.8 Å². The summed E-state index contributed by atoms with van der Waals surface area (Å²) in [6.45, 7) is 10.8. The third-order valence-electron chi connectivity index (χ3n) is 3.19. The number of nitrogens with zero attached hydrogens (tertiary/aromatic N) is 1. The van der Waals surface area contributed by atoms with Gasteiger partial charge in [0.1, 0.15) is 0 Å². The minimum Gasteiger partial charge on any atom is -0.334 e. The molecule has 0 aromatic carbocycles. The molecule has 1 atom stereocenters. The van der Waals surface area contributed by atoms with Crippen LogP contribution in [-0.4, -0.2) is 22.9 Å². The van der Waals surface area contributed by atoms with E-state index < -0.39 is 6.04 Å². The summed E-state index contributed by atoms with van der Waals surface area (Å²) in [5.74, 6) is 0.219. The van der Waals surface area contributed by atoms with Gasteiger partial charge in [0.05, 0.1) is 12.6 Å². The van der Waals surface area contributed by atoms with Crippen LogP contribution >= 0.6 is 11.3 Å². The molecule has 0 unspecified atom stereocenters. The number of aryl methyl sites for hydroxylation is 1. The topological polar surface area (TPSA) is 46.3 Å². The standard InChI is InChI=1S/C14H24N2OS/c1-9(2)13(15)14(17)16(10(3)4)8-12-11(5)6-7-18-12/h6-7,9-10,13H,8,15H2,1-5H3/t13-/m0/s1. The Bertz CT molecular complexity index is 398. The fraction of sp³-hybridized carbons (Fsp3) is 0.643. The molecule has 1 rings (SSSR count). The molecule has 0 fully saturated rings. The van der Waals surface area contributed by atoms with Crippen molar-refractivity contribution in [2.45, 2.75) is 53.2 Å². The summed E-state index contributed by atoms with van der Waals surface area (Å²) >= 11 is 1.70. The number of hydrogen-bond acceptors (Lipinski definition) is 3. The van der Waals surface area contributed by atoms with E-state index in [1.165, 1.54) is 10.4 Å². The summed E-state index contributed by atoms with van der Waals surface area (Å²) in [4.78, 5) is 15.5. The highest BCUT2D eigenvalue weighted by Gasteiger charge is 2.26. The zero-order valence-electron chi connectivity index (χ0n) is 11.9. The molecule has 18 heavy (non-hydrogen) atoms. The van der Waals surface area contributed by atoms with E-state index in [1.54, 1.807) is 11.3 Å². The summed E-state index contributed by atoms with van der Waals surface area (Å²) in [6, 6.07) is 1.85. The zero-order valence-corrected chi connectivity index (χ0v) is 12.8. The molecule has 0 aliphatic rings. The largest absolute Gasteiger partial charge is 0.334 e. The molecule has 102 valence electrons. The SMILES string of the molecule is Cc1ccsc1CN(C(=O)[C@@H](N)C(C)C)C(C)C. The molecule has 3 nitrogen and oxygen atoms in total. The predicted molar refractivity (Wildman–Crippen MR) is 77.6 cm³/mol. The molecule has 0 saturated carbocycles. The van der Waals surface area contributed by atoms with Crippen LogP contribution < -0.4 is 5.73 Å². The van der Waals surface area contributed by atoms with Gasteiger partial charge in [-0.25, -0.2) is 0 Å². The molecular weight excluding hydrogens is 244 g/mol. The van der Waals surface area contributed by atoms with Gasteiger partial charge >= 0.3 is 0 Å². The molecule has 1 amide bonds. The molecule has 4 heteroatoms. The predicted octanol–water partition coefficient (Wildman–Crippen LogP) is 2.78. The Morgan fingerprint density at radius 3 is 2.39 bits per heavy atom. The average Bonchev–Trinajstić information content (AvgIpc) is 2.69. The Labute approximate surface area is 114 Å². The number of thiophene rings is 1. The lowest BCUT2D eigenvalue weighted by molar-refractivity contribution is -0.135. The minimum atomic E-state index is -0.410. The second kappa shape index (κ2) is 6.34. The molecule has 0 aliphatic carbocycles. The van der Waals surface area contributed by atoms with E-state index in [0.29, 0.717) is 6.54 Å². The van der Waals surface area contributed by atoms with Crippen molar-refractivity contribution in [1.29, 1.82) is 0 Å². The second-order valence-corrected chi connectivity index (χ2v) is 6.36. The van der Waals surface area contributed by atoms with Crippen molar-refractivity contribution in [1.82, 2.24) is 4.90 Å². The number of hydrogen-bond donors (Lipinski definition) is 1. The van der Waals surface area contributed by atoms with Gasteiger partial charge in [-0.3, -0.25) is 4.79 Å². The van der Waals surface area contributed by atoms with Crippen molar-refractivity contribution in [3.8, 4) is 0 Å². The number of amides is 1. The summed E-state index contributed by atoms with van der Waals surface area (Å²) < 4.78 is 0. The Hall–Kier alpha value is -0.870. The van der Waals surface area contributed by atoms with Gasteiger partial charge in [0.15, 0.2) is 0 Å². The normalized spacial score (nSPS) is 13.1. The van der Waals surface area contributed by atoms with E-state index in [-0.39, 0.29) is 17.9 Å². The first kappa shape index (κ1) is 15.2.